The number of hydrogen-bond donors (Lipinski definition) is 1. The summed E-state index contributed by atoms with van der Waals surface area (Å²) in [6.07, 6.45) is 0.858. The van der Waals surface area contributed by atoms with Crippen LogP contribution < -0.4 is 5.32 Å². The molecule has 0 saturated carbocycles. The molecule has 2 rings (SSSR count). The average Bonchev–Trinajstić information content (AvgIpc) is 2.33. The van der Waals surface area contributed by atoms with Gasteiger partial charge in [0, 0.05) is 31.0 Å². The highest BCUT2D eigenvalue weighted by Gasteiger charge is 2.17. The van der Waals surface area contributed by atoms with Crippen LogP contribution in [0.1, 0.15) is 12.0 Å². The zero-order valence-electron chi connectivity index (χ0n) is 9.62. The molecule has 3 nitrogen and oxygen atoms in total. The zero-order valence-corrected chi connectivity index (χ0v) is 10.4. The Bertz CT molecular complexity index is 389. The van der Waals surface area contributed by atoms with Crippen molar-refractivity contribution in [3.63, 3.8) is 0 Å². The lowest BCUT2D eigenvalue weighted by Crippen LogP contribution is -2.39. The molecule has 1 unspecified atom stereocenters. The minimum absolute atomic E-state index is 0.0127. The van der Waals surface area contributed by atoms with Gasteiger partial charge in [0.05, 0.1) is 12.7 Å². The smallest absolute Gasteiger partial charge is 0.139 e. The first-order valence-corrected chi connectivity index (χ1v) is 6.21. The van der Waals surface area contributed by atoms with Gasteiger partial charge in [0.2, 0.25) is 0 Å². The van der Waals surface area contributed by atoms with E-state index in [0.717, 1.165) is 18.7 Å². The fourth-order valence-corrected chi connectivity index (χ4v) is 2.13. The molecule has 1 N–H and O–H groups in total. The number of morpholine rings is 1. The average molecular weight is 254 g/mol. The third-order valence-electron chi connectivity index (χ3n) is 2.81. The van der Waals surface area contributed by atoms with Crippen molar-refractivity contribution in [2.45, 2.75) is 18.9 Å². The second kappa shape index (κ2) is 6.15. The Balaban J connectivity index is 1.86. The number of nitrogens with one attached hydrogen (secondary N) is 1. The number of Topliss-reactive ketones (excluding diaryl/α,β-unsaturated/α-hetero) is 1. The van der Waals surface area contributed by atoms with Crippen LogP contribution in [-0.4, -0.2) is 31.6 Å². The van der Waals surface area contributed by atoms with Crippen molar-refractivity contribution in [1.82, 2.24) is 5.32 Å². The number of carbonyl (C=O) groups is 1. The third-order valence-corrected chi connectivity index (χ3v) is 3.17. The van der Waals surface area contributed by atoms with Crippen molar-refractivity contribution in [2.75, 3.05) is 19.7 Å². The van der Waals surface area contributed by atoms with Crippen molar-refractivity contribution < 1.29 is 9.53 Å². The van der Waals surface area contributed by atoms with Gasteiger partial charge in [0.25, 0.3) is 0 Å². The second-order valence-corrected chi connectivity index (χ2v) is 4.62. The van der Waals surface area contributed by atoms with Crippen LogP contribution in [0.5, 0.6) is 0 Å². The molecule has 0 radical (unpaired) electrons. The van der Waals surface area contributed by atoms with Crippen LogP contribution in [-0.2, 0) is 16.0 Å². The summed E-state index contributed by atoms with van der Waals surface area (Å²) in [4.78, 5) is 11.9. The Morgan fingerprint density at radius 2 is 2.29 bits per heavy atom. The number of hydrogen-bond acceptors (Lipinski definition) is 3. The largest absolute Gasteiger partial charge is 0.375 e. The van der Waals surface area contributed by atoms with E-state index >= 15 is 0 Å². The van der Waals surface area contributed by atoms with E-state index in [0.29, 0.717) is 24.5 Å². The summed E-state index contributed by atoms with van der Waals surface area (Å²) in [6, 6.07) is 7.46. The lowest BCUT2D eigenvalue weighted by molar-refractivity contribution is -0.121. The fraction of sp³-hybridized carbons (Fsp3) is 0.462. The maximum Gasteiger partial charge on any atom is 0.139 e. The quantitative estimate of drug-likeness (QED) is 0.890. The topological polar surface area (TPSA) is 38.3 Å². The van der Waals surface area contributed by atoms with E-state index in [1.54, 1.807) is 0 Å². The first kappa shape index (κ1) is 12.6. The van der Waals surface area contributed by atoms with Crippen LogP contribution in [0.2, 0.25) is 5.02 Å². The van der Waals surface area contributed by atoms with Crippen LogP contribution in [0, 0.1) is 0 Å². The molecule has 0 aromatic heterocycles. The monoisotopic (exact) mass is 253 g/mol. The normalized spacial score (nSPS) is 20.2. The number of carbonyl (C=O) groups excluding carboxylic acids is 1. The SMILES string of the molecule is O=C(Cc1ccccc1Cl)CC1CNCCO1. The van der Waals surface area contributed by atoms with Gasteiger partial charge in [-0.2, -0.15) is 0 Å². The molecule has 1 atom stereocenters. The van der Waals surface area contributed by atoms with Gasteiger partial charge in [-0.1, -0.05) is 29.8 Å². The summed E-state index contributed by atoms with van der Waals surface area (Å²) in [6.45, 7) is 2.31. The van der Waals surface area contributed by atoms with Crippen molar-refractivity contribution in [2.24, 2.45) is 0 Å². The van der Waals surface area contributed by atoms with Gasteiger partial charge in [-0.3, -0.25) is 4.79 Å². The summed E-state index contributed by atoms with van der Waals surface area (Å²) >= 11 is 6.02. The maximum absolute atomic E-state index is 11.9. The molecule has 0 aliphatic carbocycles. The highest BCUT2D eigenvalue weighted by atomic mass is 35.5. The molecule has 1 saturated heterocycles. The van der Waals surface area contributed by atoms with E-state index in [9.17, 15) is 4.79 Å². The van der Waals surface area contributed by atoms with E-state index in [-0.39, 0.29) is 11.9 Å². The molecule has 4 heteroatoms. The first-order valence-electron chi connectivity index (χ1n) is 5.83. The van der Waals surface area contributed by atoms with Gasteiger partial charge < -0.3 is 10.1 Å². The molecule has 0 bridgehead atoms. The van der Waals surface area contributed by atoms with E-state index in [1.807, 2.05) is 24.3 Å². The van der Waals surface area contributed by atoms with E-state index < -0.39 is 0 Å². The maximum atomic E-state index is 11.9. The lowest BCUT2D eigenvalue weighted by Gasteiger charge is -2.22. The molecular weight excluding hydrogens is 238 g/mol. The number of benzene rings is 1. The minimum Gasteiger partial charge on any atom is -0.375 e. The third kappa shape index (κ3) is 3.80. The molecule has 1 fully saturated rings. The first-order chi connectivity index (χ1) is 8.25. The molecule has 1 aliphatic heterocycles. The molecule has 92 valence electrons. The standard InChI is InChI=1S/C13H16ClNO2/c14-13-4-2-1-3-10(13)7-11(16)8-12-9-15-5-6-17-12/h1-4,12,15H,5-9H2. The van der Waals surface area contributed by atoms with Crippen LogP contribution in [0.3, 0.4) is 0 Å². The highest BCUT2D eigenvalue weighted by Crippen LogP contribution is 2.16. The van der Waals surface area contributed by atoms with E-state index in [2.05, 4.69) is 5.32 Å². The van der Waals surface area contributed by atoms with Crippen molar-refractivity contribution >= 4 is 17.4 Å². The summed E-state index contributed by atoms with van der Waals surface area (Å²) in [5.41, 5.74) is 0.892. The summed E-state index contributed by atoms with van der Waals surface area (Å²) in [5.74, 6) is 0.173. The van der Waals surface area contributed by atoms with Crippen LogP contribution >= 0.6 is 11.6 Å². The molecule has 1 aromatic carbocycles. The van der Waals surface area contributed by atoms with Crippen LogP contribution in [0.15, 0.2) is 24.3 Å². The molecule has 0 spiro atoms. The molecule has 17 heavy (non-hydrogen) atoms. The highest BCUT2D eigenvalue weighted by molar-refractivity contribution is 6.31. The summed E-state index contributed by atoms with van der Waals surface area (Å²) in [5, 5.41) is 3.87. The second-order valence-electron chi connectivity index (χ2n) is 4.21. The summed E-state index contributed by atoms with van der Waals surface area (Å²) in [7, 11) is 0. The number of ketones is 1. The fourth-order valence-electron chi connectivity index (χ4n) is 1.93. The molecule has 1 aliphatic rings. The molecular formula is C13H16ClNO2. The van der Waals surface area contributed by atoms with Crippen molar-refractivity contribution in [3.8, 4) is 0 Å². The van der Waals surface area contributed by atoms with E-state index in [4.69, 9.17) is 16.3 Å². The zero-order chi connectivity index (χ0) is 12.1. The van der Waals surface area contributed by atoms with Gasteiger partial charge in [-0.15, -0.1) is 0 Å². The lowest BCUT2D eigenvalue weighted by atomic mass is 10.0. The summed E-state index contributed by atoms with van der Waals surface area (Å²) < 4.78 is 5.50. The van der Waals surface area contributed by atoms with Gasteiger partial charge in [0.15, 0.2) is 0 Å². The van der Waals surface area contributed by atoms with Crippen molar-refractivity contribution in [3.05, 3.63) is 34.9 Å². The Labute approximate surface area is 106 Å². The number of ether oxygens (including phenoxy) is 1. The van der Waals surface area contributed by atoms with Gasteiger partial charge in [0.1, 0.15) is 5.78 Å². The Morgan fingerprint density at radius 3 is 3.00 bits per heavy atom. The molecule has 1 heterocycles. The number of halogens is 1. The Hall–Kier alpha value is -0.900. The Morgan fingerprint density at radius 1 is 1.47 bits per heavy atom. The van der Waals surface area contributed by atoms with Crippen LogP contribution in [0.4, 0.5) is 0 Å². The Kier molecular flexibility index (Phi) is 4.54. The van der Waals surface area contributed by atoms with Crippen LogP contribution in [0.25, 0.3) is 0 Å². The van der Waals surface area contributed by atoms with Crippen molar-refractivity contribution in [1.29, 1.82) is 0 Å². The van der Waals surface area contributed by atoms with Gasteiger partial charge >= 0.3 is 0 Å². The molecule has 1 aromatic rings. The molecule has 0 amide bonds. The number of rotatable bonds is 4. The predicted octanol–water partition coefficient (Wildman–Crippen LogP) is 1.83. The van der Waals surface area contributed by atoms with E-state index in [1.165, 1.54) is 0 Å². The van der Waals surface area contributed by atoms with Gasteiger partial charge in [-0.05, 0) is 11.6 Å². The minimum atomic E-state index is 0.0127. The van der Waals surface area contributed by atoms with Gasteiger partial charge in [-0.25, -0.2) is 0 Å². The predicted molar refractivity (Wildman–Crippen MR) is 67.4 cm³/mol.